The summed E-state index contributed by atoms with van der Waals surface area (Å²) in [5.74, 6) is 0. The van der Waals surface area contributed by atoms with E-state index in [0.29, 0.717) is 6.10 Å². The van der Waals surface area contributed by atoms with Gasteiger partial charge in [0.05, 0.1) is 0 Å². The van der Waals surface area contributed by atoms with Crippen molar-refractivity contribution in [2.24, 2.45) is 0 Å². The Hall–Kier alpha value is 1.06. The molecule has 2 nitrogen and oxygen atoms in total. The number of rotatable bonds is 22. The summed E-state index contributed by atoms with van der Waals surface area (Å²) >= 11 is 1.70. The molecule has 0 atom stereocenters. The van der Waals surface area contributed by atoms with E-state index in [1.165, 1.54) is 134 Å². The van der Waals surface area contributed by atoms with Crippen LogP contribution >= 0.6 is 7.49 Å². The molecule has 1 N–H and O–H groups in total. The van der Waals surface area contributed by atoms with Crippen LogP contribution < -0.4 is 0 Å². The van der Waals surface area contributed by atoms with Gasteiger partial charge in [0.2, 0.25) is 0 Å². The molecule has 0 spiro atoms. The molecule has 0 aliphatic rings. The van der Waals surface area contributed by atoms with Crippen LogP contribution in [0, 0.1) is 0 Å². The van der Waals surface area contributed by atoms with Crippen LogP contribution in [0.1, 0.15) is 150 Å². The second kappa shape index (κ2) is 27.3. The van der Waals surface area contributed by atoms with Gasteiger partial charge in [0.1, 0.15) is 0 Å². The zero-order valence-electron chi connectivity index (χ0n) is 22.3. The van der Waals surface area contributed by atoms with Crippen molar-refractivity contribution in [2.45, 2.75) is 156 Å². The first-order chi connectivity index (χ1) is 15.0. The second-order valence-electron chi connectivity index (χ2n) is 9.94. The Bertz CT molecular complexity index is 286. The maximum absolute atomic E-state index is 11.4. The van der Waals surface area contributed by atoms with Crippen LogP contribution in [0.2, 0.25) is 0 Å². The molecule has 0 aromatic heterocycles. The van der Waals surface area contributed by atoms with Gasteiger partial charge in [-0.1, -0.05) is 0 Å². The zero-order valence-corrected chi connectivity index (χ0v) is 24.8. The molecular weight excluding hydrogens is 435 g/mol. The van der Waals surface area contributed by atoms with Crippen molar-refractivity contribution >= 4 is 7.49 Å². The summed E-state index contributed by atoms with van der Waals surface area (Å²) in [5, 5.41) is 0. The average molecular weight is 496 g/mol. The van der Waals surface area contributed by atoms with Crippen LogP contribution in [0.15, 0.2) is 0 Å². The van der Waals surface area contributed by atoms with Crippen molar-refractivity contribution in [3.63, 3.8) is 0 Å². The maximum atomic E-state index is 11.4. The van der Waals surface area contributed by atoms with E-state index in [0.717, 1.165) is 0 Å². The van der Waals surface area contributed by atoms with E-state index < -0.39 is 7.49 Å². The summed E-state index contributed by atoms with van der Waals surface area (Å²) in [6, 6.07) is 0. The van der Waals surface area contributed by atoms with Gasteiger partial charge in [0.15, 0.2) is 0 Å². The van der Waals surface area contributed by atoms with E-state index in [2.05, 4.69) is 20.8 Å². The second-order valence-corrected chi connectivity index (χ2v) is 14.3. The Balaban J connectivity index is 0. The molecule has 0 unspecified atom stereocenters. The van der Waals surface area contributed by atoms with Crippen molar-refractivity contribution in [3.8, 4) is 0 Å². The van der Waals surface area contributed by atoms with Crippen molar-refractivity contribution in [3.05, 3.63) is 0 Å². The van der Waals surface area contributed by atoms with Crippen LogP contribution in [0.4, 0.5) is 0 Å². The van der Waals surface area contributed by atoms with Gasteiger partial charge < -0.3 is 0 Å². The predicted octanol–water partition coefficient (Wildman–Crippen LogP) is 9.60. The third-order valence-corrected chi connectivity index (χ3v) is 10.8. The Labute approximate surface area is 210 Å². The molecule has 31 heavy (non-hydrogen) atoms. The fraction of sp³-hybridized carbons (Fsp3) is 1.00. The molecule has 0 radical (unpaired) electrons. The van der Waals surface area contributed by atoms with Crippen molar-refractivity contribution in [1.82, 2.24) is 0 Å². The third-order valence-electron chi connectivity index (χ3n) is 6.22. The van der Waals surface area contributed by atoms with Gasteiger partial charge in [-0.05, 0) is 0 Å². The number of unbranched alkanes of at least 4 members (excludes halogenated alkanes) is 15. The third kappa shape index (κ3) is 29.0. The van der Waals surface area contributed by atoms with Crippen LogP contribution in [-0.4, -0.2) is 29.5 Å². The molecule has 0 fully saturated rings. The van der Waals surface area contributed by atoms with Crippen LogP contribution in [0.25, 0.3) is 0 Å². The van der Waals surface area contributed by atoms with Gasteiger partial charge in [-0.15, -0.1) is 0 Å². The molecule has 0 heterocycles. The Morgan fingerprint density at radius 3 is 1.00 bits per heavy atom. The Morgan fingerprint density at radius 1 is 0.548 bits per heavy atom. The molecule has 0 aromatic rings. The fourth-order valence-electron chi connectivity index (χ4n) is 4.08. The summed E-state index contributed by atoms with van der Waals surface area (Å²) in [4.78, 5) is 11.4. The minimum absolute atomic E-state index is 0.384. The van der Waals surface area contributed by atoms with Crippen LogP contribution in [0.3, 0.4) is 0 Å². The first-order valence-electron chi connectivity index (χ1n) is 14.0. The quantitative estimate of drug-likeness (QED) is 0.0920. The van der Waals surface area contributed by atoms with Gasteiger partial charge in [0.25, 0.3) is 0 Å². The summed E-state index contributed by atoms with van der Waals surface area (Å²) in [6.07, 6.45) is 28.3. The molecule has 0 aliphatic heterocycles. The summed E-state index contributed by atoms with van der Waals surface area (Å²) in [5.41, 5.74) is 0. The Kier molecular flexibility index (Phi) is 30.2. The first-order valence-corrected chi connectivity index (χ1v) is 17.2. The van der Waals surface area contributed by atoms with E-state index in [9.17, 15) is 4.89 Å². The van der Waals surface area contributed by atoms with E-state index in [1.54, 1.807) is 20.8 Å². The SMILES string of the molecule is CC(C)[O][Ti].CCCCCCCC[PH](O)(CCCCCCCC)CCCCCCCC. The topological polar surface area (TPSA) is 29.5 Å². The number of hydrogen-bond acceptors (Lipinski definition) is 2. The molecular formula is C27H60O2PTi. The normalized spacial score (nSPS) is 12.1. The monoisotopic (exact) mass is 495 g/mol. The van der Waals surface area contributed by atoms with E-state index in [1.807, 2.05) is 13.8 Å². The molecule has 189 valence electrons. The average Bonchev–Trinajstić information content (AvgIpc) is 2.76. The molecule has 0 aromatic carbocycles. The van der Waals surface area contributed by atoms with Crippen molar-refractivity contribution in [2.75, 3.05) is 18.5 Å². The number of hydrogen-bond donors (Lipinski definition) is 1. The fourth-order valence-corrected chi connectivity index (χ4v) is 7.55. The molecule has 0 rings (SSSR count). The van der Waals surface area contributed by atoms with Gasteiger partial charge >= 0.3 is 211 Å². The van der Waals surface area contributed by atoms with Crippen LogP contribution in [0.5, 0.6) is 0 Å². The summed E-state index contributed by atoms with van der Waals surface area (Å²) in [7, 11) is -1.95. The predicted molar refractivity (Wildman–Crippen MR) is 141 cm³/mol. The molecule has 0 amide bonds. The van der Waals surface area contributed by atoms with E-state index in [-0.39, 0.29) is 0 Å². The molecule has 0 bridgehead atoms. The van der Waals surface area contributed by atoms with Gasteiger partial charge in [-0.3, -0.25) is 0 Å². The Morgan fingerprint density at radius 2 is 0.774 bits per heavy atom. The van der Waals surface area contributed by atoms with E-state index >= 15 is 0 Å². The van der Waals surface area contributed by atoms with E-state index in [4.69, 9.17) is 3.32 Å². The zero-order chi connectivity index (χ0) is 23.6. The summed E-state index contributed by atoms with van der Waals surface area (Å²) < 4.78 is 4.75. The molecule has 4 heteroatoms. The molecule has 0 saturated heterocycles. The minimum atomic E-state index is -1.95. The summed E-state index contributed by atoms with van der Waals surface area (Å²) in [6.45, 7) is 10.9. The van der Waals surface area contributed by atoms with Crippen molar-refractivity contribution < 1.29 is 29.0 Å². The van der Waals surface area contributed by atoms with Crippen molar-refractivity contribution in [1.29, 1.82) is 0 Å². The first kappa shape index (κ1) is 34.2. The standard InChI is InChI=1S/C24H53OP.C3H7O.Ti/c1-4-7-10-13-16-19-22-26(25,23-20-17-14-11-8-5-2)24-21-18-15-12-9-6-3;1-3(2)4;/h25-26H,4-24H2,1-3H3;3H,1-2H3;/q;-1;+1. The van der Waals surface area contributed by atoms with Gasteiger partial charge in [-0.25, -0.2) is 0 Å². The molecule has 0 saturated carbocycles. The van der Waals surface area contributed by atoms with Gasteiger partial charge in [-0.2, -0.15) is 0 Å². The van der Waals surface area contributed by atoms with Crippen LogP contribution in [-0.2, 0) is 24.1 Å². The molecule has 0 aliphatic carbocycles. The van der Waals surface area contributed by atoms with Gasteiger partial charge in [0, 0.05) is 0 Å².